The molecule has 0 saturated carbocycles. The zero-order valence-corrected chi connectivity index (χ0v) is 10.5. The van der Waals surface area contributed by atoms with E-state index in [9.17, 15) is 0 Å². The van der Waals surface area contributed by atoms with Crippen LogP contribution < -0.4 is 5.32 Å². The summed E-state index contributed by atoms with van der Waals surface area (Å²) in [5.41, 5.74) is 0. The predicted octanol–water partition coefficient (Wildman–Crippen LogP) is 0.790. The van der Waals surface area contributed by atoms with Crippen LogP contribution in [0.4, 0.5) is 0 Å². The molecule has 0 aromatic carbocycles. The zero-order valence-electron chi connectivity index (χ0n) is 10.5. The third-order valence-corrected chi connectivity index (χ3v) is 3.74. The van der Waals surface area contributed by atoms with Gasteiger partial charge in [-0.05, 0) is 25.4 Å². The lowest BCUT2D eigenvalue weighted by Crippen LogP contribution is -2.43. The second-order valence-corrected chi connectivity index (χ2v) is 4.92. The minimum absolute atomic E-state index is 0.808. The Labute approximate surface area is 99.5 Å². The van der Waals surface area contributed by atoms with Gasteiger partial charge in [0.1, 0.15) is 0 Å². The van der Waals surface area contributed by atoms with Crippen LogP contribution in [-0.2, 0) is 0 Å². The molecule has 0 spiro atoms. The van der Waals surface area contributed by atoms with Gasteiger partial charge in [-0.15, -0.1) is 0 Å². The molecule has 2 saturated heterocycles. The lowest BCUT2D eigenvalue weighted by molar-refractivity contribution is 0.264. The van der Waals surface area contributed by atoms with Crippen LogP contribution in [0.3, 0.4) is 0 Å². The van der Waals surface area contributed by atoms with Gasteiger partial charge in [-0.2, -0.15) is 0 Å². The number of nitrogens with zero attached hydrogens (tertiary/aromatic N) is 2. The molecule has 3 heteroatoms. The van der Waals surface area contributed by atoms with Crippen molar-refractivity contribution in [3.8, 4) is 0 Å². The smallest absolute Gasteiger partial charge is 0.0164 e. The number of hydrogen-bond donors (Lipinski definition) is 1. The van der Waals surface area contributed by atoms with Gasteiger partial charge in [0.05, 0.1) is 0 Å². The fourth-order valence-electron chi connectivity index (χ4n) is 2.60. The fourth-order valence-corrected chi connectivity index (χ4v) is 2.60. The van der Waals surface area contributed by atoms with E-state index in [0.717, 1.165) is 25.6 Å². The summed E-state index contributed by atoms with van der Waals surface area (Å²) in [5, 5.41) is 3.39. The highest BCUT2D eigenvalue weighted by Gasteiger charge is 2.18. The Morgan fingerprint density at radius 2 is 2.00 bits per heavy atom. The van der Waals surface area contributed by atoms with E-state index in [1.165, 1.54) is 39.1 Å². The third kappa shape index (κ3) is 3.58. The molecule has 3 nitrogen and oxygen atoms in total. The molecule has 2 rings (SSSR count). The Hall–Kier alpha value is -0.380. The summed E-state index contributed by atoms with van der Waals surface area (Å²) >= 11 is 0. The van der Waals surface area contributed by atoms with Crippen LogP contribution in [0.5, 0.6) is 0 Å². The van der Waals surface area contributed by atoms with Gasteiger partial charge in [0.15, 0.2) is 0 Å². The maximum absolute atomic E-state index is 3.39. The van der Waals surface area contributed by atoms with Crippen LogP contribution in [-0.4, -0.2) is 62.2 Å². The second kappa shape index (κ2) is 6.38. The first kappa shape index (κ1) is 12.1. The van der Waals surface area contributed by atoms with Gasteiger partial charge in [0.25, 0.3) is 0 Å². The molecule has 0 amide bonds. The van der Waals surface area contributed by atoms with E-state index in [2.05, 4.69) is 34.2 Å². The molecule has 92 valence electrons. The molecule has 1 unspecified atom stereocenters. The summed E-state index contributed by atoms with van der Waals surface area (Å²) < 4.78 is 0. The molecular formula is C13H25N3. The first-order valence-corrected chi connectivity index (χ1v) is 6.70. The topological polar surface area (TPSA) is 18.5 Å². The van der Waals surface area contributed by atoms with Crippen molar-refractivity contribution in [3.63, 3.8) is 0 Å². The van der Waals surface area contributed by atoms with Crippen molar-refractivity contribution in [2.24, 2.45) is 5.92 Å². The van der Waals surface area contributed by atoms with Crippen LogP contribution in [0, 0.1) is 5.92 Å². The van der Waals surface area contributed by atoms with Gasteiger partial charge < -0.3 is 10.2 Å². The summed E-state index contributed by atoms with van der Waals surface area (Å²) in [5.74, 6) is 0.808. The van der Waals surface area contributed by atoms with Crippen molar-refractivity contribution in [1.29, 1.82) is 0 Å². The SMILES string of the molecule is CCN1CCC(/C=C\CN2CCNCC2)C1. The van der Waals surface area contributed by atoms with Gasteiger partial charge in [-0.3, -0.25) is 4.90 Å². The lowest BCUT2D eigenvalue weighted by atomic mass is 10.1. The average Bonchev–Trinajstić information content (AvgIpc) is 2.78. The summed E-state index contributed by atoms with van der Waals surface area (Å²) in [4.78, 5) is 5.07. The Morgan fingerprint density at radius 3 is 2.69 bits per heavy atom. The van der Waals surface area contributed by atoms with Gasteiger partial charge in [0, 0.05) is 39.3 Å². The van der Waals surface area contributed by atoms with Crippen molar-refractivity contribution < 1.29 is 0 Å². The third-order valence-electron chi connectivity index (χ3n) is 3.74. The number of rotatable bonds is 4. The van der Waals surface area contributed by atoms with E-state index < -0.39 is 0 Å². The summed E-state index contributed by atoms with van der Waals surface area (Å²) in [6.45, 7) is 11.9. The monoisotopic (exact) mass is 223 g/mol. The number of likely N-dealkylation sites (tertiary alicyclic amines) is 1. The molecule has 16 heavy (non-hydrogen) atoms. The molecule has 0 bridgehead atoms. The molecule has 0 aliphatic carbocycles. The molecule has 1 atom stereocenters. The Balaban J connectivity index is 1.65. The van der Waals surface area contributed by atoms with Crippen LogP contribution in [0.1, 0.15) is 13.3 Å². The molecular weight excluding hydrogens is 198 g/mol. The van der Waals surface area contributed by atoms with E-state index in [4.69, 9.17) is 0 Å². The number of piperazine rings is 1. The quantitative estimate of drug-likeness (QED) is 0.711. The predicted molar refractivity (Wildman–Crippen MR) is 68.7 cm³/mol. The Bertz CT molecular complexity index is 221. The molecule has 2 aliphatic heterocycles. The highest BCUT2D eigenvalue weighted by atomic mass is 15.2. The minimum Gasteiger partial charge on any atom is -0.314 e. The number of nitrogens with one attached hydrogen (secondary N) is 1. The van der Waals surface area contributed by atoms with E-state index in [1.54, 1.807) is 0 Å². The molecule has 2 fully saturated rings. The molecule has 0 aromatic heterocycles. The molecule has 0 aromatic rings. The Kier molecular flexibility index (Phi) is 4.82. The first-order valence-electron chi connectivity index (χ1n) is 6.70. The van der Waals surface area contributed by atoms with Gasteiger partial charge in [-0.1, -0.05) is 19.1 Å². The highest BCUT2D eigenvalue weighted by Crippen LogP contribution is 2.16. The lowest BCUT2D eigenvalue weighted by Gasteiger charge is -2.25. The van der Waals surface area contributed by atoms with Crippen molar-refractivity contribution in [2.75, 3.05) is 52.4 Å². The average molecular weight is 223 g/mol. The highest BCUT2D eigenvalue weighted by molar-refractivity contribution is 4.95. The van der Waals surface area contributed by atoms with Gasteiger partial charge in [-0.25, -0.2) is 0 Å². The van der Waals surface area contributed by atoms with Crippen LogP contribution in [0.2, 0.25) is 0 Å². The van der Waals surface area contributed by atoms with Gasteiger partial charge >= 0.3 is 0 Å². The minimum atomic E-state index is 0.808. The molecule has 0 radical (unpaired) electrons. The summed E-state index contributed by atoms with van der Waals surface area (Å²) in [7, 11) is 0. The second-order valence-electron chi connectivity index (χ2n) is 4.92. The van der Waals surface area contributed by atoms with Crippen molar-refractivity contribution >= 4 is 0 Å². The molecule has 2 aliphatic rings. The van der Waals surface area contributed by atoms with Crippen LogP contribution in [0.15, 0.2) is 12.2 Å². The van der Waals surface area contributed by atoms with Crippen LogP contribution >= 0.6 is 0 Å². The summed E-state index contributed by atoms with van der Waals surface area (Å²) in [6.07, 6.45) is 6.18. The standard InChI is InChI=1S/C13H25N3/c1-2-15-9-5-13(12-15)4-3-8-16-10-6-14-7-11-16/h3-4,13-14H,2,5-12H2,1H3/b4-3-. The van der Waals surface area contributed by atoms with E-state index >= 15 is 0 Å². The Morgan fingerprint density at radius 1 is 1.19 bits per heavy atom. The normalized spacial score (nSPS) is 29.2. The van der Waals surface area contributed by atoms with Gasteiger partial charge in [0.2, 0.25) is 0 Å². The van der Waals surface area contributed by atoms with E-state index in [1.807, 2.05) is 0 Å². The van der Waals surface area contributed by atoms with Crippen molar-refractivity contribution in [1.82, 2.24) is 15.1 Å². The van der Waals surface area contributed by atoms with Crippen molar-refractivity contribution in [3.05, 3.63) is 12.2 Å². The number of hydrogen-bond acceptors (Lipinski definition) is 3. The molecule has 1 N–H and O–H groups in total. The summed E-state index contributed by atoms with van der Waals surface area (Å²) in [6, 6.07) is 0. The zero-order chi connectivity index (χ0) is 11.2. The van der Waals surface area contributed by atoms with Crippen LogP contribution in [0.25, 0.3) is 0 Å². The maximum Gasteiger partial charge on any atom is 0.0164 e. The van der Waals surface area contributed by atoms with E-state index in [-0.39, 0.29) is 0 Å². The largest absolute Gasteiger partial charge is 0.314 e. The first-order chi connectivity index (χ1) is 7.88. The van der Waals surface area contributed by atoms with E-state index in [0.29, 0.717) is 0 Å². The maximum atomic E-state index is 3.39. The van der Waals surface area contributed by atoms with Crippen molar-refractivity contribution in [2.45, 2.75) is 13.3 Å². The fraction of sp³-hybridized carbons (Fsp3) is 0.846. The molecule has 2 heterocycles.